The highest BCUT2D eigenvalue weighted by Crippen LogP contribution is 2.24. The maximum absolute atomic E-state index is 12.3. The molecule has 29 heavy (non-hydrogen) atoms. The number of fused-ring (bicyclic) bond motifs is 1. The molecule has 0 unspecified atom stereocenters. The van der Waals surface area contributed by atoms with Crippen LogP contribution in [0.25, 0.3) is 11.0 Å². The standard InChI is InChI=1S/C22H23N3O4/c1-2-28-19-7-8-20-17(13-19)14-21(29-20)22(26)24-23-15-16-3-5-18(6-4-16)25-9-11-27-12-10-25/h3-8,13-15H,2,9-12H2,1H3,(H,24,26)/b23-15+. The average Bonchev–Trinajstić information content (AvgIpc) is 3.19. The van der Waals surface area contributed by atoms with Gasteiger partial charge in [0.15, 0.2) is 5.76 Å². The minimum atomic E-state index is -0.402. The second-order valence-corrected chi connectivity index (χ2v) is 6.63. The summed E-state index contributed by atoms with van der Waals surface area (Å²) in [5.41, 5.74) is 5.18. The second-order valence-electron chi connectivity index (χ2n) is 6.63. The molecule has 0 saturated carbocycles. The Balaban J connectivity index is 1.37. The Morgan fingerprint density at radius 1 is 1.17 bits per heavy atom. The Morgan fingerprint density at radius 2 is 1.97 bits per heavy atom. The van der Waals surface area contributed by atoms with E-state index < -0.39 is 5.91 Å². The fourth-order valence-corrected chi connectivity index (χ4v) is 3.20. The molecule has 0 spiro atoms. The minimum absolute atomic E-state index is 0.202. The molecule has 0 aliphatic carbocycles. The SMILES string of the molecule is CCOc1ccc2oc(C(=O)N/N=C/c3ccc(N4CCOCC4)cc3)cc2c1. The van der Waals surface area contributed by atoms with Crippen LogP contribution in [0, 0.1) is 0 Å². The van der Waals surface area contributed by atoms with Crippen molar-refractivity contribution in [2.24, 2.45) is 5.10 Å². The number of furan rings is 1. The van der Waals surface area contributed by atoms with Gasteiger partial charge >= 0.3 is 5.91 Å². The van der Waals surface area contributed by atoms with Gasteiger partial charge in [-0.25, -0.2) is 5.43 Å². The van der Waals surface area contributed by atoms with Crippen LogP contribution in [-0.2, 0) is 4.74 Å². The zero-order valence-electron chi connectivity index (χ0n) is 16.3. The highest BCUT2D eigenvalue weighted by atomic mass is 16.5. The van der Waals surface area contributed by atoms with E-state index in [0.29, 0.717) is 12.2 Å². The van der Waals surface area contributed by atoms with E-state index in [-0.39, 0.29) is 5.76 Å². The Kier molecular flexibility index (Phi) is 5.76. The molecule has 1 amide bonds. The van der Waals surface area contributed by atoms with E-state index in [9.17, 15) is 4.79 Å². The van der Waals surface area contributed by atoms with E-state index in [1.165, 1.54) is 0 Å². The summed E-state index contributed by atoms with van der Waals surface area (Å²) in [7, 11) is 0. The number of nitrogens with zero attached hydrogens (tertiary/aromatic N) is 2. The number of nitrogens with one attached hydrogen (secondary N) is 1. The normalized spacial score (nSPS) is 14.4. The third-order valence-electron chi connectivity index (χ3n) is 4.67. The third kappa shape index (κ3) is 4.57. The first-order valence-corrected chi connectivity index (χ1v) is 9.65. The number of anilines is 1. The van der Waals surface area contributed by atoms with Crippen LogP contribution < -0.4 is 15.1 Å². The number of hydrogen-bond acceptors (Lipinski definition) is 6. The van der Waals surface area contributed by atoms with Crippen LogP contribution in [0.5, 0.6) is 5.75 Å². The number of benzene rings is 2. The molecular weight excluding hydrogens is 370 g/mol. The molecule has 0 bridgehead atoms. The zero-order chi connectivity index (χ0) is 20.1. The summed E-state index contributed by atoms with van der Waals surface area (Å²) < 4.78 is 16.4. The van der Waals surface area contributed by atoms with E-state index in [1.807, 2.05) is 43.3 Å². The van der Waals surface area contributed by atoms with Gasteiger partial charge in [0.2, 0.25) is 0 Å². The fourth-order valence-electron chi connectivity index (χ4n) is 3.20. The molecule has 2 aromatic carbocycles. The number of carbonyl (C=O) groups excluding carboxylic acids is 1. The van der Waals surface area contributed by atoms with Gasteiger partial charge in [-0.2, -0.15) is 5.10 Å². The minimum Gasteiger partial charge on any atom is -0.494 e. The van der Waals surface area contributed by atoms with Gasteiger partial charge in [0.05, 0.1) is 26.0 Å². The monoisotopic (exact) mass is 393 g/mol. The van der Waals surface area contributed by atoms with Crippen molar-refractivity contribution in [3.05, 3.63) is 59.9 Å². The number of ether oxygens (including phenoxy) is 2. The summed E-state index contributed by atoms with van der Waals surface area (Å²) >= 11 is 0. The molecule has 7 heteroatoms. The molecule has 3 aromatic rings. The van der Waals surface area contributed by atoms with E-state index in [2.05, 4.69) is 15.4 Å². The summed E-state index contributed by atoms with van der Waals surface area (Å²) in [5, 5.41) is 4.84. The van der Waals surface area contributed by atoms with Crippen LogP contribution in [0.2, 0.25) is 0 Å². The van der Waals surface area contributed by atoms with Crippen molar-refractivity contribution in [2.45, 2.75) is 6.92 Å². The first kappa shape index (κ1) is 19.0. The Bertz CT molecular complexity index is 1000. The van der Waals surface area contributed by atoms with Crippen molar-refractivity contribution < 1.29 is 18.7 Å². The summed E-state index contributed by atoms with van der Waals surface area (Å²) in [6.45, 7) is 5.81. The Labute approximate surface area is 168 Å². The summed E-state index contributed by atoms with van der Waals surface area (Å²) in [6.07, 6.45) is 1.61. The van der Waals surface area contributed by atoms with Gasteiger partial charge in [-0.05, 0) is 48.9 Å². The molecule has 0 atom stereocenters. The highest BCUT2D eigenvalue weighted by Gasteiger charge is 2.13. The predicted molar refractivity (Wildman–Crippen MR) is 112 cm³/mol. The van der Waals surface area contributed by atoms with Gasteiger partial charge in [-0.15, -0.1) is 0 Å². The van der Waals surface area contributed by atoms with E-state index in [0.717, 1.165) is 48.7 Å². The van der Waals surface area contributed by atoms with Gasteiger partial charge in [0, 0.05) is 24.2 Å². The molecule has 2 heterocycles. The highest BCUT2D eigenvalue weighted by molar-refractivity contribution is 5.96. The molecule has 7 nitrogen and oxygen atoms in total. The predicted octanol–water partition coefficient (Wildman–Crippen LogP) is 3.43. The van der Waals surface area contributed by atoms with Crippen LogP contribution in [0.4, 0.5) is 5.69 Å². The number of morpholine rings is 1. The lowest BCUT2D eigenvalue weighted by Gasteiger charge is -2.28. The molecule has 1 aromatic heterocycles. The Morgan fingerprint density at radius 3 is 2.72 bits per heavy atom. The molecule has 1 saturated heterocycles. The molecule has 0 radical (unpaired) electrons. The number of hydrazone groups is 1. The van der Waals surface area contributed by atoms with Crippen molar-refractivity contribution in [3.63, 3.8) is 0 Å². The third-order valence-corrected chi connectivity index (χ3v) is 4.67. The van der Waals surface area contributed by atoms with E-state index >= 15 is 0 Å². The number of hydrogen-bond donors (Lipinski definition) is 1. The lowest BCUT2D eigenvalue weighted by atomic mass is 10.2. The second kappa shape index (κ2) is 8.79. The molecule has 1 aliphatic rings. The lowest BCUT2D eigenvalue weighted by Crippen LogP contribution is -2.36. The fraction of sp³-hybridized carbons (Fsp3) is 0.273. The molecule has 150 valence electrons. The van der Waals surface area contributed by atoms with Gasteiger partial charge in [0.1, 0.15) is 11.3 Å². The maximum Gasteiger partial charge on any atom is 0.307 e. The summed E-state index contributed by atoms with van der Waals surface area (Å²) in [5.74, 6) is 0.542. The van der Waals surface area contributed by atoms with E-state index in [4.69, 9.17) is 13.9 Å². The van der Waals surface area contributed by atoms with Crippen molar-refractivity contribution in [2.75, 3.05) is 37.8 Å². The number of carbonyl (C=O) groups is 1. The first-order chi connectivity index (χ1) is 14.2. The molecule has 4 rings (SSSR count). The van der Waals surface area contributed by atoms with Gasteiger partial charge in [-0.1, -0.05) is 12.1 Å². The van der Waals surface area contributed by atoms with Crippen LogP contribution in [-0.4, -0.2) is 45.0 Å². The van der Waals surface area contributed by atoms with Crippen LogP contribution in [0.15, 0.2) is 58.0 Å². The maximum atomic E-state index is 12.3. The summed E-state index contributed by atoms with van der Waals surface area (Å²) in [6, 6.07) is 15.2. The average molecular weight is 393 g/mol. The number of rotatable bonds is 6. The molecule has 1 fully saturated rings. The Hall–Kier alpha value is -3.32. The molecular formula is C22H23N3O4. The van der Waals surface area contributed by atoms with Crippen LogP contribution in [0.1, 0.15) is 23.0 Å². The van der Waals surface area contributed by atoms with Crippen LogP contribution in [0.3, 0.4) is 0 Å². The van der Waals surface area contributed by atoms with Crippen LogP contribution >= 0.6 is 0 Å². The van der Waals surface area contributed by atoms with Gasteiger partial charge in [-0.3, -0.25) is 4.79 Å². The largest absolute Gasteiger partial charge is 0.494 e. The lowest BCUT2D eigenvalue weighted by molar-refractivity contribution is 0.0929. The van der Waals surface area contributed by atoms with E-state index in [1.54, 1.807) is 18.3 Å². The number of amides is 1. The van der Waals surface area contributed by atoms with Gasteiger partial charge < -0.3 is 18.8 Å². The van der Waals surface area contributed by atoms with Crippen molar-refractivity contribution in [1.29, 1.82) is 0 Å². The van der Waals surface area contributed by atoms with Crippen molar-refractivity contribution >= 4 is 28.8 Å². The van der Waals surface area contributed by atoms with Crippen molar-refractivity contribution in [1.82, 2.24) is 5.43 Å². The smallest absolute Gasteiger partial charge is 0.307 e. The van der Waals surface area contributed by atoms with Gasteiger partial charge in [0.25, 0.3) is 0 Å². The van der Waals surface area contributed by atoms with Crippen molar-refractivity contribution in [3.8, 4) is 5.75 Å². The quantitative estimate of drug-likeness (QED) is 0.513. The summed E-state index contributed by atoms with van der Waals surface area (Å²) in [4.78, 5) is 14.6. The molecule has 1 N–H and O–H groups in total. The molecule has 1 aliphatic heterocycles. The topological polar surface area (TPSA) is 76.3 Å². The zero-order valence-corrected chi connectivity index (χ0v) is 16.3. The first-order valence-electron chi connectivity index (χ1n) is 9.65.